The molecule has 96 valence electrons. The Morgan fingerprint density at radius 3 is 2.35 bits per heavy atom. The van der Waals surface area contributed by atoms with Crippen LogP contribution in [0.1, 0.15) is 48.5 Å². The molecule has 0 radical (unpaired) electrons. The molecule has 1 amide bonds. The number of rotatable bonds is 5. The average molecular weight is 239 g/mol. The fraction of sp³-hybridized carbons (Fsp3) is 0.667. The van der Waals surface area contributed by atoms with E-state index in [-0.39, 0.29) is 11.4 Å². The number of nitrogens with two attached hydrogens (primary N) is 1. The lowest BCUT2D eigenvalue weighted by molar-refractivity contribution is 0.0893. The fourth-order valence-corrected chi connectivity index (χ4v) is 1.88. The van der Waals surface area contributed by atoms with Crippen molar-refractivity contribution in [1.29, 1.82) is 0 Å². The third-order valence-corrected chi connectivity index (χ3v) is 3.38. The predicted molar refractivity (Wildman–Crippen MR) is 65.8 cm³/mol. The first kappa shape index (κ1) is 13.7. The zero-order valence-electron chi connectivity index (χ0n) is 11.0. The van der Waals surface area contributed by atoms with Crippen molar-refractivity contribution in [3.05, 3.63) is 17.0 Å². The highest BCUT2D eigenvalue weighted by Gasteiger charge is 2.29. The smallest absolute Gasteiger partial charge is 0.257 e. The second-order valence-electron chi connectivity index (χ2n) is 4.34. The van der Waals surface area contributed by atoms with Crippen LogP contribution in [0.15, 0.2) is 4.52 Å². The molecule has 1 aromatic rings. The van der Waals surface area contributed by atoms with Crippen molar-refractivity contribution in [2.75, 3.05) is 6.54 Å². The first-order valence-electron chi connectivity index (χ1n) is 5.95. The van der Waals surface area contributed by atoms with Crippen LogP contribution < -0.4 is 11.1 Å². The summed E-state index contributed by atoms with van der Waals surface area (Å²) in [5.74, 6) is 0.383. The van der Waals surface area contributed by atoms with Crippen molar-refractivity contribution in [3.63, 3.8) is 0 Å². The van der Waals surface area contributed by atoms with Crippen molar-refractivity contribution < 1.29 is 9.32 Å². The monoisotopic (exact) mass is 239 g/mol. The van der Waals surface area contributed by atoms with Crippen LogP contribution in [0.4, 0.5) is 0 Å². The van der Waals surface area contributed by atoms with E-state index in [4.69, 9.17) is 10.3 Å². The van der Waals surface area contributed by atoms with Crippen LogP contribution in [-0.4, -0.2) is 23.1 Å². The van der Waals surface area contributed by atoms with Crippen LogP contribution >= 0.6 is 0 Å². The molecule has 0 aliphatic carbocycles. The van der Waals surface area contributed by atoms with Crippen molar-refractivity contribution in [3.8, 4) is 0 Å². The van der Waals surface area contributed by atoms with Crippen LogP contribution in [0.2, 0.25) is 0 Å². The van der Waals surface area contributed by atoms with E-state index < -0.39 is 0 Å². The molecule has 0 unspecified atom stereocenters. The van der Waals surface area contributed by atoms with Crippen molar-refractivity contribution >= 4 is 5.91 Å². The Labute approximate surface area is 102 Å². The van der Waals surface area contributed by atoms with Gasteiger partial charge in [0.25, 0.3) is 5.91 Å². The number of aromatic nitrogens is 1. The normalized spacial score (nSPS) is 11.6. The molecule has 17 heavy (non-hydrogen) atoms. The molecule has 5 heteroatoms. The number of amides is 1. The maximum Gasteiger partial charge on any atom is 0.257 e. The highest BCUT2D eigenvalue weighted by molar-refractivity contribution is 5.96. The largest absolute Gasteiger partial charge is 0.361 e. The number of nitrogens with one attached hydrogen (secondary N) is 1. The van der Waals surface area contributed by atoms with E-state index in [1.165, 1.54) is 0 Å². The minimum absolute atomic E-state index is 0.157. The van der Waals surface area contributed by atoms with Gasteiger partial charge >= 0.3 is 0 Å². The van der Waals surface area contributed by atoms with E-state index in [9.17, 15) is 4.79 Å². The Balaban J connectivity index is 2.92. The second-order valence-corrected chi connectivity index (χ2v) is 4.34. The van der Waals surface area contributed by atoms with Crippen LogP contribution in [0.25, 0.3) is 0 Å². The summed E-state index contributed by atoms with van der Waals surface area (Å²) >= 11 is 0. The van der Waals surface area contributed by atoms with E-state index >= 15 is 0 Å². The predicted octanol–water partition coefficient (Wildman–Crippen LogP) is 1.54. The Morgan fingerprint density at radius 2 is 2.00 bits per heavy atom. The summed E-state index contributed by atoms with van der Waals surface area (Å²) in [4.78, 5) is 12.2. The van der Waals surface area contributed by atoms with E-state index in [2.05, 4.69) is 10.5 Å². The molecule has 0 bridgehead atoms. The molecule has 1 rings (SSSR count). The molecular weight excluding hydrogens is 218 g/mol. The van der Waals surface area contributed by atoms with E-state index in [1.54, 1.807) is 13.8 Å². The standard InChI is InChI=1S/C12H21N3O2/c1-5-12(6-2,7-13)14-11(16)10-8(3)15-17-9(10)4/h5-7,13H2,1-4H3,(H,14,16). The van der Waals surface area contributed by atoms with Crippen LogP contribution in [-0.2, 0) is 0 Å². The molecule has 0 atom stereocenters. The van der Waals surface area contributed by atoms with Crippen molar-refractivity contribution in [2.45, 2.75) is 46.1 Å². The maximum absolute atomic E-state index is 12.2. The third kappa shape index (κ3) is 2.66. The van der Waals surface area contributed by atoms with Crippen molar-refractivity contribution in [1.82, 2.24) is 10.5 Å². The van der Waals surface area contributed by atoms with Gasteiger partial charge in [0.1, 0.15) is 11.3 Å². The van der Waals surface area contributed by atoms with Gasteiger partial charge in [0.2, 0.25) is 0 Å². The van der Waals surface area contributed by atoms with Gasteiger partial charge in [0.05, 0.1) is 11.2 Å². The summed E-state index contributed by atoms with van der Waals surface area (Å²) in [5.41, 5.74) is 6.54. The summed E-state index contributed by atoms with van der Waals surface area (Å²) in [6, 6.07) is 0. The van der Waals surface area contributed by atoms with Crippen molar-refractivity contribution in [2.24, 2.45) is 5.73 Å². The summed E-state index contributed by atoms with van der Waals surface area (Å²) in [6.07, 6.45) is 1.60. The van der Waals surface area contributed by atoms with E-state index in [1.807, 2.05) is 13.8 Å². The number of nitrogens with zero attached hydrogens (tertiary/aromatic N) is 1. The summed E-state index contributed by atoms with van der Waals surface area (Å²) in [6.45, 7) is 7.95. The highest BCUT2D eigenvalue weighted by Crippen LogP contribution is 2.17. The molecule has 1 heterocycles. The molecule has 0 aliphatic heterocycles. The molecule has 0 spiro atoms. The summed E-state index contributed by atoms with van der Waals surface area (Å²) < 4.78 is 4.99. The fourth-order valence-electron chi connectivity index (χ4n) is 1.88. The maximum atomic E-state index is 12.2. The zero-order chi connectivity index (χ0) is 13.1. The van der Waals surface area contributed by atoms with Gasteiger partial charge < -0.3 is 15.6 Å². The van der Waals surface area contributed by atoms with Gasteiger partial charge in [-0.05, 0) is 26.7 Å². The van der Waals surface area contributed by atoms with Crippen LogP contribution in [0.3, 0.4) is 0 Å². The van der Waals surface area contributed by atoms with Gasteiger partial charge in [-0.2, -0.15) is 0 Å². The molecule has 0 fully saturated rings. The average Bonchev–Trinajstić information content (AvgIpc) is 2.66. The van der Waals surface area contributed by atoms with Gasteiger partial charge in [-0.3, -0.25) is 4.79 Å². The van der Waals surface area contributed by atoms with E-state index in [0.717, 1.165) is 12.8 Å². The Hall–Kier alpha value is -1.36. The quantitative estimate of drug-likeness (QED) is 0.816. The number of hydrogen-bond donors (Lipinski definition) is 2. The van der Waals surface area contributed by atoms with Gasteiger partial charge in [-0.25, -0.2) is 0 Å². The number of carbonyl (C=O) groups excluding carboxylic acids is 1. The lowest BCUT2D eigenvalue weighted by Crippen LogP contribution is -2.53. The number of aryl methyl sites for hydroxylation is 2. The lowest BCUT2D eigenvalue weighted by atomic mass is 9.92. The topological polar surface area (TPSA) is 81.1 Å². The molecule has 0 aromatic carbocycles. The zero-order valence-corrected chi connectivity index (χ0v) is 11.0. The van der Waals surface area contributed by atoms with Crippen LogP contribution in [0.5, 0.6) is 0 Å². The highest BCUT2D eigenvalue weighted by atomic mass is 16.5. The molecule has 0 saturated heterocycles. The number of carbonyl (C=O) groups is 1. The second kappa shape index (κ2) is 5.31. The van der Waals surface area contributed by atoms with Gasteiger partial charge in [0, 0.05) is 6.54 Å². The van der Waals surface area contributed by atoms with Gasteiger partial charge in [-0.1, -0.05) is 19.0 Å². The first-order valence-corrected chi connectivity index (χ1v) is 5.95. The SMILES string of the molecule is CCC(CC)(CN)NC(=O)c1c(C)noc1C. The van der Waals surface area contributed by atoms with Crippen LogP contribution in [0, 0.1) is 13.8 Å². The molecule has 0 saturated carbocycles. The summed E-state index contributed by atoms with van der Waals surface area (Å²) in [5, 5.41) is 6.78. The third-order valence-electron chi connectivity index (χ3n) is 3.38. The molecule has 0 aliphatic rings. The minimum Gasteiger partial charge on any atom is -0.361 e. The Bertz CT molecular complexity index is 367. The Kier molecular flexibility index (Phi) is 4.28. The molecule has 1 aromatic heterocycles. The Morgan fingerprint density at radius 1 is 1.41 bits per heavy atom. The van der Waals surface area contributed by atoms with Gasteiger partial charge in [0.15, 0.2) is 0 Å². The first-order chi connectivity index (χ1) is 7.99. The minimum atomic E-state index is -0.340. The molecular formula is C12H21N3O2. The number of hydrogen-bond acceptors (Lipinski definition) is 4. The molecule has 3 N–H and O–H groups in total. The van der Waals surface area contributed by atoms with Gasteiger partial charge in [-0.15, -0.1) is 0 Å². The summed E-state index contributed by atoms with van der Waals surface area (Å²) in [7, 11) is 0. The molecule has 5 nitrogen and oxygen atoms in total. The van der Waals surface area contributed by atoms with E-state index in [0.29, 0.717) is 23.6 Å². The lowest BCUT2D eigenvalue weighted by Gasteiger charge is -2.31.